The molecule has 1 aliphatic rings. The number of hydrogen-bond donors (Lipinski definition) is 1. The van der Waals surface area contributed by atoms with E-state index in [0.29, 0.717) is 0 Å². The van der Waals surface area contributed by atoms with Crippen molar-refractivity contribution in [2.24, 2.45) is 0 Å². The molecule has 1 fully saturated rings. The molecule has 4 heteroatoms. The lowest BCUT2D eigenvalue weighted by molar-refractivity contribution is -0.914. The summed E-state index contributed by atoms with van der Waals surface area (Å²) in [7, 11) is 3.43. The van der Waals surface area contributed by atoms with Crippen LogP contribution >= 0.6 is 0 Å². The number of ether oxygens (including phenoxy) is 2. The average Bonchev–Trinajstić information content (AvgIpc) is 2.63. The molecule has 0 spiro atoms. The molecule has 122 valence electrons. The predicted octanol–water partition coefficient (Wildman–Crippen LogP) is 1.61. The number of piperazine rings is 1. The summed E-state index contributed by atoms with van der Waals surface area (Å²) >= 11 is 0. The number of benzene rings is 2. The Morgan fingerprint density at radius 2 is 1.61 bits per heavy atom. The van der Waals surface area contributed by atoms with E-state index in [4.69, 9.17) is 9.47 Å². The summed E-state index contributed by atoms with van der Waals surface area (Å²) in [5, 5.41) is 0. The summed E-state index contributed by atoms with van der Waals surface area (Å²) < 4.78 is 10.5. The van der Waals surface area contributed by atoms with Crippen LogP contribution in [-0.4, -0.2) is 40.4 Å². The van der Waals surface area contributed by atoms with E-state index in [0.717, 1.165) is 44.2 Å². The van der Waals surface area contributed by atoms with Crippen LogP contribution in [-0.2, 0) is 6.54 Å². The first-order valence-corrected chi connectivity index (χ1v) is 8.14. The van der Waals surface area contributed by atoms with Crippen LogP contribution in [0, 0.1) is 0 Å². The third-order valence-electron chi connectivity index (χ3n) is 4.50. The molecule has 0 bridgehead atoms. The molecule has 2 aromatic rings. The van der Waals surface area contributed by atoms with E-state index in [1.807, 2.05) is 18.2 Å². The summed E-state index contributed by atoms with van der Waals surface area (Å²) in [4.78, 5) is 4.08. The van der Waals surface area contributed by atoms with Crippen LogP contribution in [0.1, 0.15) is 5.56 Å². The third-order valence-corrected chi connectivity index (χ3v) is 4.50. The van der Waals surface area contributed by atoms with E-state index in [-0.39, 0.29) is 0 Å². The van der Waals surface area contributed by atoms with Crippen LogP contribution in [0.4, 0.5) is 5.69 Å². The van der Waals surface area contributed by atoms with Crippen LogP contribution < -0.4 is 19.3 Å². The zero-order valence-corrected chi connectivity index (χ0v) is 13.9. The highest BCUT2D eigenvalue weighted by Crippen LogP contribution is 2.19. The summed E-state index contributed by atoms with van der Waals surface area (Å²) in [6, 6.07) is 16.8. The molecule has 0 amide bonds. The summed E-state index contributed by atoms with van der Waals surface area (Å²) in [5.74, 6) is 1.86. The Kier molecular flexibility index (Phi) is 5.03. The number of nitrogens with zero attached hydrogens (tertiary/aromatic N) is 1. The average molecular weight is 313 g/mol. The Morgan fingerprint density at radius 3 is 2.26 bits per heavy atom. The molecule has 0 unspecified atom stereocenters. The molecule has 1 aliphatic heterocycles. The van der Waals surface area contributed by atoms with Crippen LogP contribution in [0.25, 0.3) is 0 Å². The van der Waals surface area contributed by atoms with Gasteiger partial charge in [0.15, 0.2) is 0 Å². The van der Waals surface area contributed by atoms with Crippen molar-refractivity contribution in [3.8, 4) is 11.5 Å². The quantitative estimate of drug-likeness (QED) is 0.908. The maximum absolute atomic E-state index is 5.31. The van der Waals surface area contributed by atoms with Gasteiger partial charge in [-0.2, -0.15) is 0 Å². The minimum Gasteiger partial charge on any atom is -0.497 e. The number of quaternary nitrogens is 1. The van der Waals surface area contributed by atoms with Crippen molar-refractivity contribution in [2.45, 2.75) is 6.54 Å². The second-order valence-electron chi connectivity index (χ2n) is 5.96. The third kappa shape index (κ3) is 3.96. The second kappa shape index (κ2) is 7.38. The fourth-order valence-corrected chi connectivity index (χ4v) is 3.12. The molecule has 0 atom stereocenters. The van der Waals surface area contributed by atoms with Crippen LogP contribution in [0.3, 0.4) is 0 Å². The molecule has 1 heterocycles. The molecule has 23 heavy (non-hydrogen) atoms. The van der Waals surface area contributed by atoms with E-state index >= 15 is 0 Å². The molecule has 0 aromatic heterocycles. The second-order valence-corrected chi connectivity index (χ2v) is 5.96. The minimum absolute atomic E-state index is 0.913. The SMILES string of the molecule is COc1ccc(N2CC[NH+](Cc3cccc(OC)c3)CC2)cc1. The fraction of sp³-hybridized carbons (Fsp3) is 0.368. The molecule has 4 nitrogen and oxygen atoms in total. The summed E-state index contributed by atoms with van der Waals surface area (Å²) in [6.07, 6.45) is 0. The number of anilines is 1. The van der Waals surface area contributed by atoms with E-state index in [1.165, 1.54) is 11.3 Å². The standard InChI is InChI=1S/C19H24N2O2/c1-22-18-8-6-17(7-9-18)21-12-10-20(11-13-21)15-16-4-3-5-19(14-16)23-2/h3-9,14H,10-13,15H2,1-2H3/p+1. The first-order valence-electron chi connectivity index (χ1n) is 8.14. The van der Waals surface area contributed by atoms with Gasteiger partial charge in [0.25, 0.3) is 0 Å². The molecule has 0 aliphatic carbocycles. The van der Waals surface area contributed by atoms with Crippen LogP contribution in [0.15, 0.2) is 48.5 Å². The van der Waals surface area contributed by atoms with Gasteiger partial charge in [-0.15, -0.1) is 0 Å². The van der Waals surface area contributed by atoms with Gasteiger partial charge in [0.1, 0.15) is 18.0 Å². The topological polar surface area (TPSA) is 26.1 Å². The minimum atomic E-state index is 0.913. The Labute approximate surface area is 138 Å². The van der Waals surface area contributed by atoms with Crippen LogP contribution in [0.2, 0.25) is 0 Å². The van der Waals surface area contributed by atoms with Gasteiger partial charge < -0.3 is 19.3 Å². The van der Waals surface area contributed by atoms with Crippen LogP contribution in [0.5, 0.6) is 11.5 Å². The van der Waals surface area contributed by atoms with Gasteiger partial charge in [0.2, 0.25) is 0 Å². The highest BCUT2D eigenvalue weighted by molar-refractivity contribution is 5.49. The zero-order chi connectivity index (χ0) is 16.1. The Morgan fingerprint density at radius 1 is 0.913 bits per heavy atom. The fourth-order valence-electron chi connectivity index (χ4n) is 3.12. The number of methoxy groups -OCH3 is 2. The highest BCUT2D eigenvalue weighted by Gasteiger charge is 2.20. The maximum Gasteiger partial charge on any atom is 0.119 e. The number of hydrogen-bond acceptors (Lipinski definition) is 3. The normalized spacial score (nSPS) is 15.5. The van der Waals surface area contributed by atoms with Crippen molar-refractivity contribution in [3.63, 3.8) is 0 Å². The molecule has 3 rings (SSSR count). The molecule has 2 aromatic carbocycles. The monoisotopic (exact) mass is 313 g/mol. The summed E-state index contributed by atoms with van der Waals surface area (Å²) in [5.41, 5.74) is 2.63. The van der Waals surface area contributed by atoms with Gasteiger partial charge >= 0.3 is 0 Å². The van der Waals surface area contributed by atoms with Gasteiger partial charge in [-0.3, -0.25) is 0 Å². The van der Waals surface area contributed by atoms with Gasteiger partial charge in [-0.25, -0.2) is 0 Å². The van der Waals surface area contributed by atoms with Crippen molar-refractivity contribution in [2.75, 3.05) is 45.3 Å². The van der Waals surface area contributed by atoms with E-state index in [1.54, 1.807) is 19.1 Å². The molecule has 1 saturated heterocycles. The first kappa shape index (κ1) is 15.7. The van der Waals surface area contributed by atoms with E-state index < -0.39 is 0 Å². The van der Waals surface area contributed by atoms with Crippen molar-refractivity contribution < 1.29 is 14.4 Å². The first-order chi connectivity index (χ1) is 11.3. The van der Waals surface area contributed by atoms with Gasteiger partial charge in [0.05, 0.1) is 40.4 Å². The molecular formula is C19H25N2O2+. The predicted molar refractivity (Wildman–Crippen MR) is 92.6 cm³/mol. The van der Waals surface area contributed by atoms with Crippen molar-refractivity contribution >= 4 is 5.69 Å². The molecule has 0 saturated carbocycles. The Hall–Kier alpha value is -2.20. The Balaban J connectivity index is 1.55. The van der Waals surface area contributed by atoms with Crippen molar-refractivity contribution in [3.05, 3.63) is 54.1 Å². The number of nitrogens with one attached hydrogen (secondary N) is 1. The van der Waals surface area contributed by atoms with Gasteiger partial charge in [0, 0.05) is 11.3 Å². The van der Waals surface area contributed by atoms with E-state index in [9.17, 15) is 0 Å². The lowest BCUT2D eigenvalue weighted by Gasteiger charge is -2.33. The largest absolute Gasteiger partial charge is 0.497 e. The molecule has 1 N–H and O–H groups in total. The van der Waals surface area contributed by atoms with Gasteiger partial charge in [-0.1, -0.05) is 12.1 Å². The number of rotatable bonds is 5. The van der Waals surface area contributed by atoms with Crippen molar-refractivity contribution in [1.82, 2.24) is 0 Å². The maximum atomic E-state index is 5.31. The van der Waals surface area contributed by atoms with Crippen molar-refractivity contribution in [1.29, 1.82) is 0 Å². The highest BCUT2D eigenvalue weighted by atomic mass is 16.5. The molecule has 0 radical (unpaired) electrons. The van der Waals surface area contributed by atoms with E-state index in [2.05, 4.69) is 35.2 Å². The zero-order valence-electron chi connectivity index (χ0n) is 13.9. The Bertz CT molecular complexity index is 620. The van der Waals surface area contributed by atoms with Gasteiger partial charge in [-0.05, 0) is 36.4 Å². The molecular weight excluding hydrogens is 288 g/mol. The smallest absolute Gasteiger partial charge is 0.119 e. The lowest BCUT2D eigenvalue weighted by atomic mass is 10.1. The lowest BCUT2D eigenvalue weighted by Crippen LogP contribution is -3.13. The summed E-state index contributed by atoms with van der Waals surface area (Å²) in [6.45, 7) is 5.55.